The molecular formula is C35H32N4O3. The molecule has 0 aliphatic carbocycles. The zero-order chi connectivity index (χ0) is 29.1. The van der Waals surface area contributed by atoms with Crippen LogP contribution in [0.15, 0.2) is 102 Å². The van der Waals surface area contributed by atoms with Crippen LogP contribution in [-0.4, -0.2) is 48.3 Å². The highest BCUT2D eigenvalue weighted by Crippen LogP contribution is 2.43. The van der Waals surface area contributed by atoms with Crippen LogP contribution in [0.1, 0.15) is 50.6 Å². The number of benzene rings is 4. The summed E-state index contributed by atoms with van der Waals surface area (Å²) in [4.78, 5) is 15.9. The Morgan fingerprint density at radius 1 is 1.00 bits per heavy atom. The monoisotopic (exact) mass is 556 g/mol. The first kappa shape index (κ1) is 27.3. The highest BCUT2D eigenvalue weighted by molar-refractivity contribution is 6.03. The largest absolute Gasteiger partial charge is 0.497 e. The molecule has 7 nitrogen and oxygen atoms in total. The number of likely N-dealkylation sites (N-methyl/N-ethyl adjacent to an activating group) is 1. The maximum atomic E-state index is 13.6. The van der Waals surface area contributed by atoms with Crippen LogP contribution >= 0.6 is 0 Å². The zero-order valence-corrected chi connectivity index (χ0v) is 23.7. The molecule has 0 saturated carbocycles. The quantitative estimate of drug-likeness (QED) is 0.236. The fraction of sp³-hybridized carbons (Fsp3) is 0.229. The van der Waals surface area contributed by atoms with Crippen molar-refractivity contribution in [1.82, 2.24) is 9.91 Å². The van der Waals surface area contributed by atoms with Crippen molar-refractivity contribution in [3.63, 3.8) is 0 Å². The van der Waals surface area contributed by atoms with E-state index in [1.165, 1.54) is 11.1 Å². The topological polar surface area (TPSA) is 78.2 Å². The average molecular weight is 557 g/mol. The molecule has 2 atom stereocenters. The minimum absolute atomic E-state index is 0.0939. The van der Waals surface area contributed by atoms with Crippen molar-refractivity contribution in [3.8, 4) is 17.6 Å². The molecule has 2 unspecified atom stereocenters. The summed E-state index contributed by atoms with van der Waals surface area (Å²) in [5.74, 6) is 1.39. The van der Waals surface area contributed by atoms with Gasteiger partial charge in [0.2, 0.25) is 5.78 Å². The normalized spacial score (nSPS) is 17.1. The molecule has 2 aliphatic rings. The number of fused-ring (bicyclic) bond motifs is 3. The van der Waals surface area contributed by atoms with Gasteiger partial charge in [-0.05, 0) is 72.6 Å². The van der Waals surface area contributed by atoms with Crippen LogP contribution in [0.25, 0.3) is 0 Å². The molecule has 0 spiro atoms. The number of nitriles is 1. The number of hydrogen-bond acceptors (Lipinski definition) is 7. The summed E-state index contributed by atoms with van der Waals surface area (Å²) < 4.78 is 11.5. The summed E-state index contributed by atoms with van der Waals surface area (Å²) in [5.41, 5.74) is 6.51. The van der Waals surface area contributed by atoms with E-state index in [9.17, 15) is 4.79 Å². The molecule has 7 heteroatoms. The summed E-state index contributed by atoms with van der Waals surface area (Å²) in [7, 11) is 3.82. The molecule has 6 rings (SSSR count). The fourth-order valence-corrected chi connectivity index (χ4v) is 5.54. The number of Topliss-reactive ketones (excluding diaryl/α,β-unsaturated/α-hetero) is 1. The van der Waals surface area contributed by atoms with E-state index >= 15 is 0 Å². The summed E-state index contributed by atoms with van der Waals surface area (Å²) >= 11 is 0. The summed E-state index contributed by atoms with van der Waals surface area (Å²) in [6, 6.07) is 33.3. The third kappa shape index (κ3) is 5.63. The van der Waals surface area contributed by atoms with Gasteiger partial charge in [0.25, 0.3) is 6.23 Å². The number of methoxy groups -OCH3 is 1. The second kappa shape index (κ2) is 11.9. The van der Waals surface area contributed by atoms with Gasteiger partial charge >= 0.3 is 0 Å². The fourth-order valence-electron chi connectivity index (χ4n) is 5.54. The minimum atomic E-state index is -0.879. The number of para-hydroxylation sites is 1. The number of carbonyl (C=O) groups excluding carboxylic acids is 1. The Balaban J connectivity index is 1.16. The van der Waals surface area contributed by atoms with Crippen molar-refractivity contribution in [3.05, 3.63) is 130 Å². The predicted molar refractivity (Wildman–Crippen MR) is 162 cm³/mol. The zero-order valence-electron chi connectivity index (χ0n) is 23.7. The lowest BCUT2D eigenvalue weighted by atomic mass is 9.95. The van der Waals surface area contributed by atoms with E-state index in [-0.39, 0.29) is 11.8 Å². The van der Waals surface area contributed by atoms with Gasteiger partial charge < -0.3 is 14.4 Å². The third-order valence-electron chi connectivity index (χ3n) is 7.90. The molecule has 210 valence electrons. The first-order chi connectivity index (χ1) is 20.5. The molecule has 0 saturated heterocycles. The SMILES string of the molecule is COc1ccc(CN(C)CCc2ccc(C3=NN4C(C(=O)c5ccc(C#N)cc5)Oc5ccccc5C4C3)cc2)cc1. The van der Waals surface area contributed by atoms with E-state index in [1.807, 2.05) is 36.4 Å². The van der Waals surface area contributed by atoms with E-state index < -0.39 is 6.23 Å². The van der Waals surface area contributed by atoms with Crippen molar-refractivity contribution < 1.29 is 14.3 Å². The Morgan fingerprint density at radius 3 is 2.43 bits per heavy atom. The van der Waals surface area contributed by atoms with E-state index in [1.54, 1.807) is 36.4 Å². The van der Waals surface area contributed by atoms with Gasteiger partial charge in [0.1, 0.15) is 11.5 Å². The van der Waals surface area contributed by atoms with Gasteiger partial charge in [-0.2, -0.15) is 10.4 Å². The summed E-state index contributed by atoms with van der Waals surface area (Å²) in [6.07, 6.45) is 0.744. The highest BCUT2D eigenvalue weighted by Gasteiger charge is 2.43. The van der Waals surface area contributed by atoms with Gasteiger partial charge in [0, 0.05) is 30.6 Å². The Hall–Kier alpha value is -4.93. The Morgan fingerprint density at radius 2 is 1.71 bits per heavy atom. The van der Waals surface area contributed by atoms with Gasteiger partial charge in [-0.3, -0.25) is 4.79 Å². The number of ether oxygens (including phenoxy) is 2. The average Bonchev–Trinajstić information content (AvgIpc) is 3.50. The van der Waals surface area contributed by atoms with Gasteiger partial charge in [0.05, 0.1) is 30.5 Å². The smallest absolute Gasteiger partial charge is 0.251 e. The minimum Gasteiger partial charge on any atom is -0.497 e. The lowest BCUT2D eigenvalue weighted by molar-refractivity contribution is -0.00455. The second-order valence-electron chi connectivity index (χ2n) is 10.7. The molecule has 0 fully saturated rings. The summed E-state index contributed by atoms with van der Waals surface area (Å²) in [6.45, 7) is 1.82. The van der Waals surface area contributed by atoms with E-state index in [2.05, 4.69) is 54.4 Å². The number of hydrazone groups is 1. The standard InChI is InChI=1S/C35H32N4O3/c1-38(23-26-11-17-29(41-2)18-12-26)20-19-24-7-13-27(14-8-24)31-21-32-30-5-3-4-6-33(30)42-35(39(32)37-31)34(40)28-15-9-25(22-36)10-16-28/h3-18,32,35H,19-21,23H2,1-2H3. The van der Waals surface area contributed by atoms with Gasteiger partial charge in [0.15, 0.2) is 0 Å². The molecule has 0 radical (unpaired) electrons. The van der Waals surface area contributed by atoms with Crippen molar-refractivity contribution in [2.45, 2.75) is 31.7 Å². The van der Waals surface area contributed by atoms with Crippen LogP contribution in [0.5, 0.6) is 11.5 Å². The summed E-state index contributed by atoms with van der Waals surface area (Å²) in [5, 5.41) is 15.9. The molecule has 42 heavy (non-hydrogen) atoms. The number of hydrogen-bond donors (Lipinski definition) is 0. The van der Waals surface area contributed by atoms with Crippen LogP contribution in [0.4, 0.5) is 0 Å². The first-order valence-electron chi connectivity index (χ1n) is 14.1. The molecule has 0 aromatic heterocycles. The maximum Gasteiger partial charge on any atom is 0.251 e. The Kier molecular flexibility index (Phi) is 7.72. The predicted octanol–water partition coefficient (Wildman–Crippen LogP) is 5.99. The van der Waals surface area contributed by atoms with Gasteiger partial charge in [-0.1, -0.05) is 54.6 Å². The van der Waals surface area contributed by atoms with Gasteiger partial charge in [-0.15, -0.1) is 0 Å². The molecule has 4 aromatic carbocycles. The highest BCUT2D eigenvalue weighted by atomic mass is 16.5. The number of carbonyl (C=O) groups is 1. The van der Waals surface area contributed by atoms with Gasteiger partial charge in [-0.25, -0.2) is 5.01 Å². The van der Waals surface area contributed by atoms with Crippen LogP contribution in [0, 0.1) is 11.3 Å². The van der Waals surface area contributed by atoms with Crippen LogP contribution < -0.4 is 9.47 Å². The maximum absolute atomic E-state index is 13.6. The van der Waals surface area contributed by atoms with E-state index in [4.69, 9.17) is 19.8 Å². The van der Waals surface area contributed by atoms with Crippen molar-refractivity contribution in [2.75, 3.05) is 20.7 Å². The number of rotatable bonds is 9. The molecule has 4 aromatic rings. The lowest BCUT2D eigenvalue weighted by Crippen LogP contribution is -2.45. The molecule has 0 bridgehead atoms. The molecular weight excluding hydrogens is 524 g/mol. The Bertz CT molecular complexity index is 1640. The molecule has 0 amide bonds. The van der Waals surface area contributed by atoms with Crippen molar-refractivity contribution in [2.24, 2.45) is 5.10 Å². The Labute approximate surface area is 246 Å². The van der Waals surface area contributed by atoms with Crippen molar-refractivity contribution >= 4 is 11.5 Å². The third-order valence-corrected chi connectivity index (χ3v) is 7.90. The van der Waals surface area contributed by atoms with Crippen LogP contribution in [0.3, 0.4) is 0 Å². The second-order valence-corrected chi connectivity index (χ2v) is 10.7. The first-order valence-corrected chi connectivity index (χ1v) is 14.1. The number of ketones is 1. The number of nitrogens with zero attached hydrogens (tertiary/aromatic N) is 4. The molecule has 0 N–H and O–H groups in total. The van der Waals surface area contributed by atoms with Crippen LogP contribution in [-0.2, 0) is 13.0 Å². The molecule has 2 aliphatic heterocycles. The van der Waals surface area contributed by atoms with Crippen LogP contribution in [0.2, 0.25) is 0 Å². The lowest BCUT2D eigenvalue weighted by Gasteiger charge is -2.37. The molecule has 2 heterocycles. The van der Waals surface area contributed by atoms with Crippen molar-refractivity contribution in [1.29, 1.82) is 5.26 Å². The van der Waals surface area contributed by atoms with E-state index in [0.29, 0.717) is 23.3 Å². The van der Waals surface area contributed by atoms with E-state index in [0.717, 1.165) is 42.1 Å².